The van der Waals surface area contributed by atoms with E-state index in [4.69, 9.17) is 11.2 Å². The first-order chi connectivity index (χ1) is 8.79. The van der Waals surface area contributed by atoms with Crippen LogP contribution in [0.4, 0.5) is 0 Å². The van der Waals surface area contributed by atoms with Crippen LogP contribution in [0.25, 0.3) is 6.08 Å². The lowest BCUT2D eigenvalue weighted by atomic mass is 10.1. The Morgan fingerprint density at radius 2 is 2.17 bits per heavy atom. The number of ether oxygens (including phenoxy) is 1. The van der Waals surface area contributed by atoms with E-state index in [0.29, 0.717) is 12.2 Å². The molecular weight excluding hydrogens is 339 g/mol. The minimum Gasteiger partial charge on any atom is -0.462 e. The zero-order valence-electron chi connectivity index (χ0n) is 10.1. The van der Waals surface area contributed by atoms with Crippen molar-refractivity contribution in [2.45, 2.75) is 19.3 Å². The molecule has 1 aromatic carbocycles. The molecule has 18 heavy (non-hydrogen) atoms. The summed E-state index contributed by atoms with van der Waals surface area (Å²) in [5.41, 5.74) is 1.47. The topological polar surface area (TPSA) is 26.3 Å². The van der Waals surface area contributed by atoms with Gasteiger partial charge in [-0.2, -0.15) is 0 Å². The van der Waals surface area contributed by atoms with Crippen LogP contribution >= 0.6 is 22.6 Å². The second-order valence-corrected chi connectivity index (χ2v) is 4.40. The second kappa shape index (κ2) is 8.76. The third-order valence-electron chi connectivity index (χ3n) is 2.37. The minimum absolute atomic E-state index is 0.277. The maximum absolute atomic E-state index is 11.9. The van der Waals surface area contributed by atoms with Crippen LogP contribution in [0.3, 0.4) is 0 Å². The molecule has 1 aromatic rings. The molecule has 0 aromatic heterocycles. The second-order valence-electron chi connectivity index (χ2n) is 3.68. The van der Waals surface area contributed by atoms with Crippen LogP contribution in [0.1, 0.15) is 35.2 Å². The van der Waals surface area contributed by atoms with Gasteiger partial charge in [0.1, 0.15) is 0 Å². The van der Waals surface area contributed by atoms with Gasteiger partial charge < -0.3 is 4.74 Å². The van der Waals surface area contributed by atoms with E-state index in [1.54, 1.807) is 6.07 Å². The molecule has 94 valence electrons. The van der Waals surface area contributed by atoms with Gasteiger partial charge in [-0.1, -0.05) is 40.8 Å². The Kier molecular flexibility index (Phi) is 7.19. The molecule has 3 heteroatoms. The predicted molar refractivity (Wildman–Crippen MR) is 82.5 cm³/mol. The average molecular weight is 354 g/mol. The van der Waals surface area contributed by atoms with Crippen LogP contribution < -0.4 is 0 Å². The molecule has 0 unspecified atom stereocenters. The number of halogens is 1. The van der Waals surface area contributed by atoms with Crippen LogP contribution in [0, 0.1) is 12.3 Å². The molecule has 0 fully saturated rings. The normalized spacial score (nSPS) is 10.2. The van der Waals surface area contributed by atoms with Gasteiger partial charge in [-0.3, -0.25) is 0 Å². The average Bonchev–Trinajstić information content (AvgIpc) is 2.39. The number of unbranched alkanes of at least 4 members (excludes halogenated alkanes) is 2. The Bertz CT molecular complexity index is 458. The van der Waals surface area contributed by atoms with Gasteiger partial charge in [0.05, 0.1) is 12.2 Å². The van der Waals surface area contributed by atoms with E-state index in [1.807, 2.05) is 28.4 Å². The van der Waals surface area contributed by atoms with Gasteiger partial charge in [0.25, 0.3) is 0 Å². The minimum atomic E-state index is -0.277. The van der Waals surface area contributed by atoms with Crippen molar-refractivity contribution in [3.05, 3.63) is 39.5 Å². The third kappa shape index (κ3) is 4.92. The van der Waals surface area contributed by atoms with Crippen molar-refractivity contribution in [3.8, 4) is 12.3 Å². The van der Waals surface area contributed by atoms with Gasteiger partial charge in [-0.25, -0.2) is 4.79 Å². The molecule has 0 radical (unpaired) electrons. The standard InChI is InChI=1S/C15H15IO2/c1-2-3-4-7-12-18-15(17)14-9-6-5-8-13(14)10-11-16/h1,5-6,8-11H,3-4,7,12H2/b11-10+. The van der Waals surface area contributed by atoms with Crippen molar-refractivity contribution < 1.29 is 9.53 Å². The van der Waals surface area contributed by atoms with E-state index in [-0.39, 0.29) is 5.97 Å². The molecule has 0 aliphatic heterocycles. The summed E-state index contributed by atoms with van der Waals surface area (Å²) in [6.07, 6.45) is 9.45. The number of hydrogen-bond acceptors (Lipinski definition) is 2. The molecule has 0 heterocycles. The van der Waals surface area contributed by atoms with Gasteiger partial charge in [0.15, 0.2) is 0 Å². The quantitative estimate of drug-likeness (QED) is 0.333. The lowest BCUT2D eigenvalue weighted by molar-refractivity contribution is 0.0498. The van der Waals surface area contributed by atoms with Gasteiger partial charge >= 0.3 is 5.97 Å². The highest BCUT2D eigenvalue weighted by Gasteiger charge is 2.09. The largest absolute Gasteiger partial charge is 0.462 e. The van der Waals surface area contributed by atoms with Crippen molar-refractivity contribution in [2.75, 3.05) is 6.61 Å². The predicted octanol–water partition coefficient (Wildman–Crippen LogP) is 4.05. The fourth-order valence-corrected chi connectivity index (χ4v) is 1.86. The molecule has 0 N–H and O–H groups in total. The van der Waals surface area contributed by atoms with E-state index in [0.717, 1.165) is 24.8 Å². The Balaban J connectivity index is 2.54. The van der Waals surface area contributed by atoms with Crippen molar-refractivity contribution >= 4 is 34.6 Å². The maximum Gasteiger partial charge on any atom is 0.338 e. The molecule has 0 aliphatic rings. The highest BCUT2D eigenvalue weighted by molar-refractivity contribution is 14.1. The zero-order valence-corrected chi connectivity index (χ0v) is 12.2. The lowest BCUT2D eigenvalue weighted by Crippen LogP contribution is -2.08. The molecule has 0 atom stereocenters. The van der Waals surface area contributed by atoms with Crippen LogP contribution in [0.15, 0.2) is 28.3 Å². The summed E-state index contributed by atoms with van der Waals surface area (Å²) in [6.45, 7) is 0.419. The Labute approximate surface area is 122 Å². The molecular formula is C15H15IO2. The van der Waals surface area contributed by atoms with Gasteiger partial charge in [0.2, 0.25) is 0 Å². The number of carbonyl (C=O) groups is 1. The molecule has 1 rings (SSSR count). The molecule has 0 saturated heterocycles. The molecule has 0 bridgehead atoms. The lowest BCUT2D eigenvalue weighted by Gasteiger charge is -2.06. The van der Waals surface area contributed by atoms with Crippen molar-refractivity contribution in [2.24, 2.45) is 0 Å². The highest BCUT2D eigenvalue weighted by Crippen LogP contribution is 2.13. The van der Waals surface area contributed by atoms with Crippen molar-refractivity contribution in [1.82, 2.24) is 0 Å². The Hall–Kier alpha value is -1.28. The number of terminal acetylenes is 1. The molecule has 0 amide bonds. The summed E-state index contributed by atoms with van der Waals surface area (Å²) < 4.78 is 7.09. The fraction of sp³-hybridized carbons (Fsp3) is 0.267. The first-order valence-corrected chi connectivity index (χ1v) is 7.00. The van der Waals surface area contributed by atoms with E-state index >= 15 is 0 Å². The SMILES string of the molecule is C#CCCCCOC(=O)c1ccccc1/C=C/I. The van der Waals surface area contributed by atoms with Gasteiger partial charge in [-0.05, 0) is 34.6 Å². The summed E-state index contributed by atoms with van der Waals surface area (Å²) in [5, 5.41) is 0. The summed E-state index contributed by atoms with van der Waals surface area (Å²) in [7, 11) is 0. The zero-order chi connectivity index (χ0) is 13.2. The summed E-state index contributed by atoms with van der Waals surface area (Å²) >= 11 is 2.12. The fourth-order valence-electron chi connectivity index (χ4n) is 1.47. The maximum atomic E-state index is 11.9. The summed E-state index contributed by atoms with van der Waals surface area (Å²) in [5.74, 6) is 2.29. The summed E-state index contributed by atoms with van der Waals surface area (Å²) in [4.78, 5) is 11.9. The monoisotopic (exact) mass is 354 g/mol. The van der Waals surface area contributed by atoms with E-state index in [9.17, 15) is 4.79 Å². The smallest absolute Gasteiger partial charge is 0.338 e. The van der Waals surface area contributed by atoms with Crippen LogP contribution in [0.2, 0.25) is 0 Å². The summed E-state index contributed by atoms with van der Waals surface area (Å²) in [6, 6.07) is 7.40. The number of esters is 1. The molecule has 2 nitrogen and oxygen atoms in total. The first-order valence-electron chi connectivity index (χ1n) is 5.76. The molecule has 0 aliphatic carbocycles. The van der Waals surface area contributed by atoms with Gasteiger partial charge in [0, 0.05) is 6.42 Å². The van der Waals surface area contributed by atoms with E-state index in [2.05, 4.69) is 28.5 Å². The van der Waals surface area contributed by atoms with Crippen LogP contribution in [-0.4, -0.2) is 12.6 Å². The first kappa shape index (κ1) is 14.8. The van der Waals surface area contributed by atoms with Crippen LogP contribution in [0.5, 0.6) is 0 Å². The molecule has 0 spiro atoms. The number of rotatable bonds is 6. The van der Waals surface area contributed by atoms with E-state index in [1.165, 1.54) is 0 Å². The third-order valence-corrected chi connectivity index (χ3v) is 2.73. The van der Waals surface area contributed by atoms with Crippen molar-refractivity contribution in [3.63, 3.8) is 0 Å². The number of benzene rings is 1. The Morgan fingerprint density at radius 1 is 1.39 bits per heavy atom. The molecule has 0 saturated carbocycles. The highest BCUT2D eigenvalue weighted by atomic mass is 127. The van der Waals surface area contributed by atoms with Crippen molar-refractivity contribution in [1.29, 1.82) is 0 Å². The number of carbonyl (C=O) groups excluding carboxylic acids is 1. The number of hydrogen-bond donors (Lipinski definition) is 0. The van der Waals surface area contributed by atoms with E-state index < -0.39 is 0 Å². The van der Waals surface area contributed by atoms with Gasteiger partial charge in [-0.15, -0.1) is 12.3 Å². The van der Waals surface area contributed by atoms with Crippen LogP contribution in [-0.2, 0) is 4.74 Å². The Morgan fingerprint density at radius 3 is 2.89 bits per heavy atom.